The van der Waals surface area contributed by atoms with E-state index in [0.717, 1.165) is 135 Å². The van der Waals surface area contributed by atoms with Gasteiger partial charge in [-0.15, -0.1) is 0 Å². The second-order valence-electron chi connectivity index (χ2n) is 18.8. The van der Waals surface area contributed by atoms with Crippen LogP contribution in [0.4, 0.5) is 0 Å². The minimum absolute atomic E-state index is 0.0871. The van der Waals surface area contributed by atoms with E-state index in [2.05, 4.69) is 130 Å². The smallest absolute Gasteiger partial charge is 0.306 e. The topological polar surface area (TPSA) is 78.9 Å². The van der Waals surface area contributed by atoms with Crippen molar-refractivity contribution in [1.29, 1.82) is 0 Å². The number of rotatable bonds is 51. The number of carbonyl (C=O) groups is 3. The second-order valence-corrected chi connectivity index (χ2v) is 18.8. The average Bonchev–Trinajstić information content (AvgIpc) is 3.36. The molecule has 0 aliphatic heterocycles. The minimum atomic E-state index is -0.787. The van der Waals surface area contributed by atoms with Gasteiger partial charge in [0.25, 0.3) is 0 Å². The Morgan fingerprint density at radius 1 is 0.300 bits per heavy atom. The number of esters is 3. The lowest BCUT2D eigenvalue weighted by Crippen LogP contribution is -2.30. The molecule has 0 saturated carbocycles. The molecule has 0 fully saturated rings. The summed E-state index contributed by atoms with van der Waals surface area (Å²) in [5, 5.41) is 0. The molecule has 1 atom stereocenters. The lowest BCUT2D eigenvalue weighted by molar-refractivity contribution is -0.167. The molecule has 70 heavy (non-hydrogen) atoms. The van der Waals surface area contributed by atoms with Gasteiger partial charge >= 0.3 is 17.9 Å². The fourth-order valence-electron chi connectivity index (χ4n) is 7.75. The molecule has 0 aliphatic rings. The molecule has 0 bridgehead atoms. The van der Waals surface area contributed by atoms with E-state index in [1.54, 1.807) is 0 Å². The van der Waals surface area contributed by atoms with Crippen LogP contribution < -0.4 is 0 Å². The van der Waals surface area contributed by atoms with Crippen LogP contribution in [0.25, 0.3) is 0 Å². The van der Waals surface area contributed by atoms with Gasteiger partial charge in [0.1, 0.15) is 13.2 Å². The van der Waals surface area contributed by atoms with Gasteiger partial charge in [0.2, 0.25) is 0 Å². The monoisotopic (exact) mass is 971 g/mol. The first-order chi connectivity index (χ1) is 34.5. The van der Waals surface area contributed by atoms with Gasteiger partial charge in [-0.05, 0) is 103 Å². The van der Waals surface area contributed by atoms with E-state index in [0.29, 0.717) is 19.3 Å². The fraction of sp³-hybridized carbons (Fsp3) is 0.672. The molecule has 0 saturated heterocycles. The van der Waals surface area contributed by atoms with Crippen LogP contribution in [-0.2, 0) is 28.6 Å². The van der Waals surface area contributed by atoms with Gasteiger partial charge in [0.05, 0.1) is 0 Å². The molecule has 398 valence electrons. The first-order valence-electron chi connectivity index (χ1n) is 28.9. The minimum Gasteiger partial charge on any atom is -0.462 e. The zero-order valence-corrected chi connectivity index (χ0v) is 45.5. The fourth-order valence-corrected chi connectivity index (χ4v) is 7.75. The van der Waals surface area contributed by atoms with Crippen LogP contribution in [0.15, 0.2) is 109 Å². The maximum absolute atomic E-state index is 12.8. The Hall–Kier alpha value is -3.93. The first kappa shape index (κ1) is 66.1. The van der Waals surface area contributed by atoms with Gasteiger partial charge in [-0.25, -0.2) is 0 Å². The second kappa shape index (κ2) is 57.6. The number of hydrogen-bond acceptors (Lipinski definition) is 6. The summed E-state index contributed by atoms with van der Waals surface area (Å²) in [6, 6.07) is 0. The Kier molecular flexibility index (Phi) is 54.4. The number of carbonyl (C=O) groups excluding carboxylic acids is 3. The zero-order valence-electron chi connectivity index (χ0n) is 45.5. The van der Waals surface area contributed by atoms with E-state index in [1.807, 2.05) is 0 Å². The number of ether oxygens (including phenoxy) is 3. The van der Waals surface area contributed by atoms with E-state index >= 15 is 0 Å². The van der Waals surface area contributed by atoms with Crippen LogP contribution in [0.3, 0.4) is 0 Å². The summed E-state index contributed by atoms with van der Waals surface area (Å²) in [5.74, 6) is -0.917. The number of unbranched alkanes of at least 4 members (excludes halogenated alkanes) is 22. The van der Waals surface area contributed by atoms with Gasteiger partial charge < -0.3 is 14.2 Å². The molecule has 0 radical (unpaired) electrons. The summed E-state index contributed by atoms with van der Waals surface area (Å²) in [6.45, 7) is 6.34. The van der Waals surface area contributed by atoms with Gasteiger partial charge in [0, 0.05) is 19.3 Å². The third kappa shape index (κ3) is 55.0. The van der Waals surface area contributed by atoms with Crippen LogP contribution in [0.5, 0.6) is 0 Å². The number of hydrogen-bond donors (Lipinski definition) is 0. The van der Waals surface area contributed by atoms with Gasteiger partial charge in [-0.1, -0.05) is 246 Å². The van der Waals surface area contributed by atoms with E-state index in [4.69, 9.17) is 14.2 Å². The highest BCUT2D eigenvalue weighted by Crippen LogP contribution is 2.15. The van der Waals surface area contributed by atoms with Gasteiger partial charge in [0.15, 0.2) is 6.10 Å². The maximum Gasteiger partial charge on any atom is 0.306 e. The highest BCUT2D eigenvalue weighted by Gasteiger charge is 2.19. The Morgan fingerprint density at radius 2 is 0.557 bits per heavy atom. The maximum atomic E-state index is 12.8. The van der Waals surface area contributed by atoms with E-state index in [9.17, 15) is 14.4 Å². The summed E-state index contributed by atoms with van der Waals surface area (Å²) in [7, 11) is 0. The molecular formula is C64H106O6. The van der Waals surface area contributed by atoms with E-state index in [-0.39, 0.29) is 31.1 Å². The highest BCUT2D eigenvalue weighted by atomic mass is 16.6. The summed E-state index contributed by atoms with van der Waals surface area (Å²) < 4.78 is 16.8. The lowest BCUT2D eigenvalue weighted by Gasteiger charge is -2.18. The molecule has 0 heterocycles. The third-order valence-corrected chi connectivity index (χ3v) is 12.0. The van der Waals surface area contributed by atoms with E-state index in [1.165, 1.54) is 83.5 Å². The molecule has 6 heteroatoms. The first-order valence-corrected chi connectivity index (χ1v) is 28.9. The van der Waals surface area contributed by atoms with E-state index < -0.39 is 6.10 Å². The molecule has 0 spiro atoms. The Bertz CT molecular complexity index is 1440. The largest absolute Gasteiger partial charge is 0.462 e. The Labute approximate surface area is 431 Å². The molecule has 6 nitrogen and oxygen atoms in total. The van der Waals surface area contributed by atoms with Crippen LogP contribution in [-0.4, -0.2) is 37.2 Å². The SMILES string of the molecule is CC/C=C\C/C=C\C/C=C\C/C=C\C/C=C\CCCCCCCC(=O)OC(COC(=O)CCCCCCCC)COC(=O)CCCCCCCCCCCCCC/C=C\C/C=C\C/C=C\C/C=C\CC. The quantitative estimate of drug-likeness (QED) is 0.0262. The molecule has 0 aromatic heterocycles. The molecular weight excluding hydrogens is 865 g/mol. The summed E-state index contributed by atoms with van der Waals surface area (Å²) >= 11 is 0. The van der Waals surface area contributed by atoms with Crippen molar-refractivity contribution in [3.05, 3.63) is 109 Å². The van der Waals surface area contributed by atoms with Crippen molar-refractivity contribution in [3.63, 3.8) is 0 Å². The molecule has 0 rings (SSSR count). The predicted octanol–water partition coefficient (Wildman–Crippen LogP) is 19.5. The van der Waals surface area contributed by atoms with Gasteiger partial charge in [-0.2, -0.15) is 0 Å². The molecule has 1 unspecified atom stereocenters. The van der Waals surface area contributed by atoms with Crippen molar-refractivity contribution >= 4 is 17.9 Å². The number of allylic oxidation sites excluding steroid dienone is 18. The molecule has 0 aromatic rings. The van der Waals surface area contributed by atoms with Crippen molar-refractivity contribution in [1.82, 2.24) is 0 Å². The van der Waals surface area contributed by atoms with Crippen molar-refractivity contribution in [3.8, 4) is 0 Å². The van der Waals surface area contributed by atoms with Crippen LogP contribution >= 0.6 is 0 Å². The summed E-state index contributed by atoms with van der Waals surface area (Å²) in [5.41, 5.74) is 0. The molecule has 0 aromatic carbocycles. The standard InChI is InChI=1S/C64H106O6/c1-4-7-10-13-16-18-20-22-24-26-28-30-31-32-33-35-36-38-40-42-44-46-48-51-54-57-63(66)69-60-61(59-68-62(65)56-53-50-15-12-9-6-3)70-64(67)58-55-52-49-47-45-43-41-39-37-34-29-27-25-23-21-19-17-14-11-8-5-2/h7-8,10-11,16-19,22-25,28-30,34,39,41,61H,4-6,9,12-15,20-21,26-27,31-33,35-38,40,42-60H2,1-3H3/b10-7-,11-8-,18-16-,19-17-,24-22-,25-23-,30-28-,34-29-,41-39-. The summed E-state index contributed by atoms with van der Waals surface area (Å²) in [6.07, 6.45) is 78.3. The van der Waals surface area contributed by atoms with Crippen LogP contribution in [0, 0.1) is 0 Å². The molecule has 0 N–H and O–H groups in total. The Balaban J connectivity index is 4.18. The lowest BCUT2D eigenvalue weighted by atomic mass is 10.0. The van der Waals surface area contributed by atoms with Crippen LogP contribution in [0.1, 0.15) is 258 Å². The van der Waals surface area contributed by atoms with Crippen molar-refractivity contribution in [2.24, 2.45) is 0 Å². The molecule has 0 amide bonds. The third-order valence-electron chi connectivity index (χ3n) is 12.0. The normalized spacial score (nSPS) is 12.9. The van der Waals surface area contributed by atoms with Crippen molar-refractivity contribution < 1.29 is 28.6 Å². The highest BCUT2D eigenvalue weighted by molar-refractivity contribution is 5.71. The average molecular weight is 972 g/mol. The Morgan fingerprint density at radius 3 is 0.871 bits per heavy atom. The van der Waals surface area contributed by atoms with Crippen LogP contribution in [0.2, 0.25) is 0 Å². The van der Waals surface area contributed by atoms with Crippen molar-refractivity contribution in [2.45, 2.75) is 264 Å². The van der Waals surface area contributed by atoms with Gasteiger partial charge in [-0.3, -0.25) is 14.4 Å². The zero-order chi connectivity index (χ0) is 50.7. The van der Waals surface area contributed by atoms with Crippen molar-refractivity contribution in [2.75, 3.05) is 13.2 Å². The predicted molar refractivity (Wildman–Crippen MR) is 302 cm³/mol. The summed E-state index contributed by atoms with van der Waals surface area (Å²) in [4.78, 5) is 37.9. The molecule has 0 aliphatic carbocycles.